The summed E-state index contributed by atoms with van der Waals surface area (Å²) in [6.45, 7) is 16.2. The summed E-state index contributed by atoms with van der Waals surface area (Å²) in [7, 11) is -2.59. The number of ether oxygens (including phenoxy) is 1. The summed E-state index contributed by atoms with van der Waals surface area (Å²) in [6.07, 6.45) is 11.0. The minimum atomic E-state index is -2.74. The Labute approximate surface area is 281 Å². The molecule has 4 heteroatoms. The van der Waals surface area contributed by atoms with Gasteiger partial charge in [0.1, 0.15) is 0 Å². The van der Waals surface area contributed by atoms with E-state index >= 15 is 0 Å². The van der Waals surface area contributed by atoms with Crippen molar-refractivity contribution in [3.63, 3.8) is 0 Å². The fraction of sp³-hybridized carbons (Fsp3) is 0.488. The molecule has 2 nitrogen and oxygen atoms in total. The van der Waals surface area contributed by atoms with Crippen molar-refractivity contribution in [3.05, 3.63) is 112 Å². The second kappa shape index (κ2) is 19.7. The number of benzene rings is 3. The van der Waals surface area contributed by atoms with Crippen LogP contribution in [0.2, 0.25) is 18.3 Å². The molecule has 0 fully saturated rings. The van der Waals surface area contributed by atoms with Crippen LogP contribution >= 0.6 is 0 Å². The van der Waals surface area contributed by atoms with Gasteiger partial charge in [0.05, 0.1) is 0 Å². The maximum absolute atomic E-state index is 7.46. The second-order valence-corrected chi connectivity index (χ2v) is 31.3. The van der Waals surface area contributed by atoms with Crippen LogP contribution in [-0.2, 0) is 15.8 Å². The number of hydrogen-bond donors (Lipinski definition) is 0. The number of unbranched alkanes of at least 4 members (excludes halogenated alkanes) is 3. The molecule has 3 aromatic rings. The third kappa shape index (κ3) is 10.8. The van der Waals surface area contributed by atoms with Crippen molar-refractivity contribution in [1.82, 2.24) is 0 Å². The standard InChI is InChI=1S/C29H33O2Si.3C4H9.Sn/c1-29(2,3)32(27-19-11-7-12-20-27,28-21-13-8-14-22-28)31-24-16-5-4-15-23-30-25-26-17-9-6-10-18-26;3*1-3-4-2;/h6-15,17-22H,16,23-25H2,1-3H3;3*1,3-4H2,2H3;. The first-order chi connectivity index (χ1) is 21.8. The third-order valence-corrected chi connectivity index (χ3v) is 30.4. The van der Waals surface area contributed by atoms with Gasteiger partial charge in [-0.25, -0.2) is 0 Å². The Morgan fingerprint density at radius 1 is 0.711 bits per heavy atom. The normalized spacial score (nSPS) is 12.1. The van der Waals surface area contributed by atoms with Crippen molar-refractivity contribution in [2.45, 2.75) is 111 Å². The molecule has 0 heterocycles. The summed E-state index contributed by atoms with van der Waals surface area (Å²) < 4.78 is 19.5. The Morgan fingerprint density at radius 2 is 1.18 bits per heavy atom. The molecule has 0 aliphatic heterocycles. The van der Waals surface area contributed by atoms with Crippen molar-refractivity contribution in [2.75, 3.05) is 13.2 Å². The average Bonchev–Trinajstić information content (AvgIpc) is 3.06. The molecule has 244 valence electrons. The van der Waals surface area contributed by atoms with Gasteiger partial charge < -0.3 is 0 Å². The molecule has 0 atom stereocenters. The summed E-state index contributed by atoms with van der Waals surface area (Å²) in [5.74, 6) is 0. The number of hydrogen-bond acceptors (Lipinski definition) is 2. The molecule has 0 saturated heterocycles. The second-order valence-electron chi connectivity index (χ2n) is 13.7. The Balaban J connectivity index is 2.00. The van der Waals surface area contributed by atoms with E-state index in [4.69, 9.17) is 9.16 Å². The van der Waals surface area contributed by atoms with Crippen LogP contribution in [0, 0.1) is 0 Å². The van der Waals surface area contributed by atoms with Gasteiger partial charge in [-0.3, -0.25) is 0 Å². The zero-order chi connectivity index (χ0) is 32.4. The van der Waals surface area contributed by atoms with E-state index in [2.05, 4.69) is 144 Å². The van der Waals surface area contributed by atoms with Gasteiger partial charge in [-0.15, -0.1) is 0 Å². The summed E-state index contributed by atoms with van der Waals surface area (Å²) in [5.41, 5.74) is 5.19. The summed E-state index contributed by atoms with van der Waals surface area (Å²) in [6, 6.07) is 32.7. The molecule has 0 spiro atoms. The van der Waals surface area contributed by atoms with Gasteiger partial charge in [0.15, 0.2) is 0 Å². The minimum absolute atomic E-state index is 0.0201. The van der Waals surface area contributed by atoms with Crippen LogP contribution in [0.15, 0.2) is 106 Å². The van der Waals surface area contributed by atoms with E-state index in [9.17, 15) is 0 Å². The van der Waals surface area contributed by atoms with Crippen molar-refractivity contribution < 1.29 is 9.16 Å². The van der Waals surface area contributed by atoms with Gasteiger partial charge >= 0.3 is 283 Å². The first-order valence-corrected chi connectivity index (χ1v) is 27.0. The molecular weight excluding hydrogens is 671 g/mol. The third-order valence-electron chi connectivity index (χ3n) is 9.34. The first-order valence-electron chi connectivity index (χ1n) is 17.6. The van der Waals surface area contributed by atoms with Crippen molar-refractivity contribution in [3.8, 4) is 0 Å². The Bertz CT molecular complexity index is 1220. The fourth-order valence-corrected chi connectivity index (χ4v) is 28.0. The van der Waals surface area contributed by atoms with Crippen LogP contribution in [0.1, 0.15) is 92.1 Å². The molecule has 3 rings (SSSR count). The first kappa shape index (κ1) is 37.6. The molecule has 0 saturated carbocycles. The van der Waals surface area contributed by atoms with E-state index in [1.165, 1.54) is 67.8 Å². The molecule has 0 amide bonds. The van der Waals surface area contributed by atoms with Crippen LogP contribution in [0.5, 0.6) is 0 Å². The number of rotatable bonds is 20. The van der Waals surface area contributed by atoms with E-state index < -0.39 is 26.7 Å². The van der Waals surface area contributed by atoms with Gasteiger partial charge in [0.2, 0.25) is 0 Å². The van der Waals surface area contributed by atoms with E-state index in [0.29, 0.717) is 13.2 Å². The molecule has 0 unspecified atom stereocenters. The van der Waals surface area contributed by atoms with Crippen LogP contribution in [0.4, 0.5) is 0 Å². The molecule has 45 heavy (non-hydrogen) atoms. The Morgan fingerprint density at radius 3 is 1.62 bits per heavy atom. The van der Waals surface area contributed by atoms with Crippen LogP contribution in [-0.4, -0.2) is 39.9 Å². The predicted molar refractivity (Wildman–Crippen MR) is 201 cm³/mol. The van der Waals surface area contributed by atoms with Gasteiger partial charge in [0.25, 0.3) is 0 Å². The summed E-state index contributed by atoms with van der Waals surface area (Å²) in [4.78, 5) is 0. The molecule has 0 N–H and O–H groups in total. The SMILES string of the molecule is CCC[CH2][Sn]([CH2]CCC)([CH2]CCC)[C](=C=CCOCc1ccccc1)CCO[Si](c1ccccc1)(c1ccccc1)C(C)(C)C. The molecule has 0 aromatic heterocycles. The van der Waals surface area contributed by atoms with Crippen LogP contribution in [0.3, 0.4) is 0 Å². The predicted octanol–water partition coefficient (Wildman–Crippen LogP) is 10.6. The molecule has 3 aromatic carbocycles. The van der Waals surface area contributed by atoms with Crippen molar-refractivity contribution >= 4 is 37.1 Å². The van der Waals surface area contributed by atoms with Gasteiger partial charge in [0, 0.05) is 0 Å². The maximum atomic E-state index is 7.46. The monoisotopic (exact) mass is 732 g/mol. The quantitative estimate of drug-likeness (QED) is 0.0655. The fourth-order valence-electron chi connectivity index (χ4n) is 6.91. The summed E-state index contributed by atoms with van der Waals surface area (Å²) >= 11 is -2.74. The summed E-state index contributed by atoms with van der Waals surface area (Å²) in [5, 5.41) is 2.70. The average molecular weight is 732 g/mol. The Kier molecular flexibility index (Phi) is 16.4. The molecule has 0 radical (unpaired) electrons. The molecule has 0 aliphatic rings. The van der Waals surface area contributed by atoms with Gasteiger partial charge in [-0.2, -0.15) is 0 Å². The van der Waals surface area contributed by atoms with E-state index in [-0.39, 0.29) is 5.04 Å². The van der Waals surface area contributed by atoms with Crippen molar-refractivity contribution in [2.24, 2.45) is 0 Å². The van der Waals surface area contributed by atoms with E-state index in [0.717, 1.165) is 13.0 Å². The van der Waals surface area contributed by atoms with E-state index in [1.807, 2.05) is 0 Å². The zero-order valence-electron chi connectivity index (χ0n) is 29.2. The molecule has 0 aliphatic carbocycles. The molecular formula is C41H60O2SiSn. The van der Waals surface area contributed by atoms with Crippen LogP contribution in [0.25, 0.3) is 0 Å². The van der Waals surface area contributed by atoms with E-state index in [1.54, 1.807) is 3.59 Å². The van der Waals surface area contributed by atoms with Crippen molar-refractivity contribution in [1.29, 1.82) is 0 Å². The van der Waals surface area contributed by atoms with Gasteiger partial charge in [-0.1, -0.05) is 0 Å². The van der Waals surface area contributed by atoms with Gasteiger partial charge in [-0.05, 0) is 0 Å². The Hall–Kier alpha value is -1.88. The zero-order valence-corrected chi connectivity index (χ0v) is 33.1. The topological polar surface area (TPSA) is 18.5 Å². The van der Waals surface area contributed by atoms with Crippen LogP contribution < -0.4 is 10.4 Å². The molecule has 0 bridgehead atoms.